The van der Waals surface area contributed by atoms with Gasteiger partial charge >= 0.3 is 0 Å². The number of benzene rings is 2. The molecule has 0 radical (unpaired) electrons. The number of nitrogens with two attached hydrogens (primary N) is 1. The summed E-state index contributed by atoms with van der Waals surface area (Å²) in [7, 11) is 0. The van der Waals surface area contributed by atoms with Gasteiger partial charge in [0.15, 0.2) is 0 Å². The summed E-state index contributed by atoms with van der Waals surface area (Å²) in [5.74, 6) is -1.12. The molecule has 0 atom stereocenters. The van der Waals surface area contributed by atoms with Crippen molar-refractivity contribution in [1.29, 1.82) is 5.41 Å². The van der Waals surface area contributed by atoms with Crippen molar-refractivity contribution in [3.63, 3.8) is 0 Å². The summed E-state index contributed by atoms with van der Waals surface area (Å²) >= 11 is 5.89. The fraction of sp³-hybridized carbons (Fsp3) is 0. The van der Waals surface area contributed by atoms with Gasteiger partial charge in [-0.1, -0.05) is 17.7 Å². The fourth-order valence-electron chi connectivity index (χ4n) is 1.66. The number of nitro groups is 1. The van der Waals surface area contributed by atoms with Crippen LogP contribution in [0, 0.1) is 21.3 Å². The summed E-state index contributed by atoms with van der Waals surface area (Å²) in [5.41, 5.74) is 4.91. The summed E-state index contributed by atoms with van der Waals surface area (Å²) in [6.45, 7) is 0. The van der Waals surface area contributed by atoms with E-state index >= 15 is 0 Å². The Morgan fingerprint density at radius 2 is 2.05 bits per heavy atom. The van der Waals surface area contributed by atoms with Gasteiger partial charge in [-0.15, -0.1) is 0 Å². The van der Waals surface area contributed by atoms with E-state index in [0.29, 0.717) is 0 Å². The van der Waals surface area contributed by atoms with Gasteiger partial charge in [-0.05, 0) is 18.2 Å². The number of nitrogens with one attached hydrogen (secondary N) is 1. The molecule has 0 aliphatic carbocycles. The summed E-state index contributed by atoms with van der Waals surface area (Å²) < 4.78 is 19.1. The van der Waals surface area contributed by atoms with Crippen molar-refractivity contribution < 1.29 is 14.1 Å². The first-order valence-electron chi connectivity index (χ1n) is 5.65. The van der Waals surface area contributed by atoms with Gasteiger partial charge in [0.2, 0.25) is 0 Å². The summed E-state index contributed by atoms with van der Waals surface area (Å²) in [4.78, 5) is 10.0. The number of rotatable bonds is 4. The minimum Gasteiger partial charge on any atom is -0.455 e. The number of hydrogen-bond acceptors (Lipinski definition) is 4. The molecule has 6 nitrogen and oxygen atoms in total. The topological polar surface area (TPSA) is 102 Å². The Morgan fingerprint density at radius 3 is 2.62 bits per heavy atom. The minimum atomic E-state index is -0.710. The lowest BCUT2D eigenvalue weighted by Crippen LogP contribution is -2.14. The second-order valence-corrected chi connectivity index (χ2v) is 4.41. The van der Waals surface area contributed by atoms with Crippen molar-refractivity contribution >= 4 is 23.1 Å². The predicted molar refractivity (Wildman–Crippen MR) is 75.6 cm³/mol. The molecule has 3 N–H and O–H groups in total. The number of amidine groups is 1. The number of nitrogens with zero attached hydrogens (tertiary/aromatic N) is 1. The van der Waals surface area contributed by atoms with Crippen LogP contribution in [-0.2, 0) is 0 Å². The lowest BCUT2D eigenvalue weighted by molar-refractivity contribution is -0.384. The van der Waals surface area contributed by atoms with Gasteiger partial charge in [0.1, 0.15) is 23.2 Å². The summed E-state index contributed by atoms with van der Waals surface area (Å²) in [5, 5.41) is 18.0. The molecule has 0 heterocycles. The molecule has 8 heteroatoms. The van der Waals surface area contributed by atoms with E-state index in [1.807, 2.05) is 0 Å². The van der Waals surface area contributed by atoms with E-state index in [0.717, 1.165) is 12.1 Å². The molecule has 0 saturated heterocycles. The molecular formula is C13H9ClFN3O3. The standard InChI is InChI=1S/C13H9ClFN3O3/c14-8-6-7(18(19)20)4-5-10(8)21-11-3-1-2-9(15)12(11)13(16)17/h1-6H,(H3,16,17). The Balaban J connectivity index is 2.42. The molecule has 0 saturated carbocycles. The van der Waals surface area contributed by atoms with E-state index in [-0.39, 0.29) is 27.8 Å². The molecular weight excluding hydrogens is 301 g/mol. The Bertz CT molecular complexity index is 737. The highest BCUT2D eigenvalue weighted by Crippen LogP contribution is 2.34. The van der Waals surface area contributed by atoms with E-state index in [2.05, 4.69) is 0 Å². The normalized spacial score (nSPS) is 10.2. The van der Waals surface area contributed by atoms with Crippen LogP contribution in [0.5, 0.6) is 11.5 Å². The number of hydrogen-bond donors (Lipinski definition) is 2. The quantitative estimate of drug-likeness (QED) is 0.390. The number of ether oxygens (including phenoxy) is 1. The monoisotopic (exact) mass is 309 g/mol. The van der Waals surface area contributed by atoms with E-state index < -0.39 is 16.6 Å². The molecule has 2 rings (SSSR count). The number of nitrogen functional groups attached to an aromatic ring is 1. The molecule has 0 aromatic heterocycles. The molecule has 108 valence electrons. The van der Waals surface area contributed by atoms with Gasteiger partial charge in [0.25, 0.3) is 5.69 Å². The lowest BCUT2D eigenvalue weighted by Gasteiger charge is -2.11. The van der Waals surface area contributed by atoms with Crippen LogP contribution in [-0.4, -0.2) is 10.8 Å². The molecule has 0 aliphatic heterocycles. The van der Waals surface area contributed by atoms with Crippen LogP contribution in [0.4, 0.5) is 10.1 Å². The number of non-ortho nitro benzene ring substituents is 1. The highest BCUT2D eigenvalue weighted by Gasteiger charge is 2.16. The van der Waals surface area contributed by atoms with Crippen molar-refractivity contribution in [3.05, 3.63) is 62.9 Å². The minimum absolute atomic E-state index is 0.00162. The fourth-order valence-corrected chi connectivity index (χ4v) is 1.87. The molecule has 0 aliphatic rings. The first-order valence-corrected chi connectivity index (χ1v) is 6.02. The highest BCUT2D eigenvalue weighted by molar-refractivity contribution is 6.32. The van der Waals surface area contributed by atoms with E-state index in [1.165, 1.54) is 24.3 Å². The van der Waals surface area contributed by atoms with Gasteiger partial charge in [0.05, 0.1) is 15.5 Å². The zero-order valence-electron chi connectivity index (χ0n) is 10.5. The van der Waals surface area contributed by atoms with Crippen LogP contribution in [0.1, 0.15) is 5.56 Å². The maximum atomic E-state index is 13.7. The first kappa shape index (κ1) is 14.7. The van der Waals surface area contributed by atoms with Crippen LogP contribution in [0.25, 0.3) is 0 Å². The first-order chi connectivity index (χ1) is 9.90. The lowest BCUT2D eigenvalue weighted by atomic mass is 10.1. The van der Waals surface area contributed by atoms with Gasteiger partial charge in [-0.3, -0.25) is 15.5 Å². The Kier molecular flexibility index (Phi) is 4.04. The van der Waals surface area contributed by atoms with Crippen LogP contribution in [0.2, 0.25) is 5.02 Å². The number of halogens is 2. The highest BCUT2D eigenvalue weighted by atomic mass is 35.5. The average molecular weight is 310 g/mol. The summed E-state index contributed by atoms with van der Waals surface area (Å²) in [6.07, 6.45) is 0. The van der Waals surface area contributed by atoms with Gasteiger partial charge in [0, 0.05) is 12.1 Å². The Morgan fingerprint density at radius 1 is 1.33 bits per heavy atom. The molecule has 2 aromatic carbocycles. The number of nitro benzene ring substituents is 1. The van der Waals surface area contributed by atoms with Crippen LogP contribution >= 0.6 is 11.6 Å². The molecule has 0 amide bonds. The average Bonchev–Trinajstić information content (AvgIpc) is 2.40. The molecule has 2 aromatic rings. The third-order valence-electron chi connectivity index (χ3n) is 2.59. The smallest absolute Gasteiger partial charge is 0.271 e. The van der Waals surface area contributed by atoms with Gasteiger partial charge in [-0.25, -0.2) is 4.39 Å². The maximum Gasteiger partial charge on any atom is 0.271 e. The molecule has 0 fully saturated rings. The largest absolute Gasteiger partial charge is 0.455 e. The van der Waals surface area contributed by atoms with E-state index in [1.54, 1.807) is 0 Å². The molecule has 0 unspecified atom stereocenters. The Labute approximate surface area is 123 Å². The zero-order chi connectivity index (χ0) is 15.6. The van der Waals surface area contributed by atoms with Crippen LogP contribution in [0.3, 0.4) is 0 Å². The molecule has 0 spiro atoms. The van der Waals surface area contributed by atoms with Crippen molar-refractivity contribution in [2.45, 2.75) is 0 Å². The van der Waals surface area contributed by atoms with Crippen molar-refractivity contribution in [3.8, 4) is 11.5 Å². The van der Waals surface area contributed by atoms with E-state index in [9.17, 15) is 14.5 Å². The Hall–Kier alpha value is -2.67. The molecule has 21 heavy (non-hydrogen) atoms. The second kappa shape index (κ2) is 5.76. The predicted octanol–water partition coefficient (Wildman–Crippen LogP) is 3.46. The van der Waals surface area contributed by atoms with Crippen LogP contribution < -0.4 is 10.5 Å². The van der Waals surface area contributed by atoms with Gasteiger partial charge < -0.3 is 10.5 Å². The third kappa shape index (κ3) is 3.09. The summed E-state index contributed by atoms with van der Waals surface area (Å²) in [6, 6.07) is 7.54. The van der Waals surface area contributed by atoms with E-state index in [4.69, 9.17) is 27.5 Å². The van der Waals surface area contributed by atoms with Crippen molar-refractivity contribution in [2.75, 3.05) is 0 Å². The maximum absolute atomic E-state index is 13.7. The zero-order valence-corrected chi connectivity index (χ0v) is 11.2. The second-order valence-electron chi connectivity index (χ2n) is 4.00. The molecule has 0 bridgehead atoms. The van der Waals surface area contributed by atoms with Crippen molar-refractivity contribution in [2.24, 2.45) is 5.73 Å². The van der Waals surface area contributed by atoms with Gasteiger partial charge in [-0.2, -0.15) is 0 Å². The van der Waals surface area contributed by atoms with Crippen LogP contribution in [0.15, 0.2) is 36.4 Å². The third-order valence-corrected chi connectivity index (χ3v) is 2.89. The SMILES string of the molecule is N=C(N)c1c(F)cccc1Oc1ccc([N+](=O)[O-])cc1Cl. The van der Waals surface area contributed by atoms with Crippen molar-refractivity contribution in [1.82, 2.24) is 0 Å².